The molecule has 1 aromatic rings. The molecule has 0 aliphatic heterocycles. The van der Waals surface area contributed by atoms with Gasteiger partial charge in [0.2, 0.25) is 0 Å². The van der Waals surface area contributed by atoms with Crippen LogP contribution in [0.5, 0.6) is 0 Å². The van der Waals surface area contributed by atoms with Crippen LogP contribution in [0.1, 0.15) is 0 Å². The molecule has 1 aromatic heterocycles. The van der Waals surface area contributed by atoms with Gasteiger partial charge < -0.3 is 0 Å². The van der Waals surface area contributed by atoms with Gasteiger partial charge in [0.15, 0.2) is 5.82 Å². The fourth-order valence-electron chi connectivity index (χ4n) is 0.449. The Morgan fingerprint density at radius 3 is 3.20 bits per heavy atom. The molecular weight excluding hydrogens is 200 g/mol. The van der Waals surface area contributed by atoms with Crippen LogP contribution in [0, 0.1) is 0 Å². The van der Waals surface area contributed by atoms with Crippen LogP contribution in [0.25, 0.3) is 0 Å². The molecule has 0 radical (unpaired) electrons. The number of hydroxylamine groups is 1. The molecule has 0 fully saturated rings. The molecule has 3 N–H and O–H groups in total. The number of nitrogens with zero attached hydrogens (tertiary/aromatic N) is 2. The minimum absolute atomic E-state index is 0.557. The van der Waals surface area contributed by atoms with E-state index in [-0.39, 0.29) is 0 Å². The van der Waals surface area contributed by atoms with E-state index in [2.05, 4.69) is 31.1 Å². The molecule has 0 unspecified atom stereocenters. The van der Waals surface area contributed by atoms with Crippen LogP contribution >= 0.6 is 15.9 Å². The van der Waals surface area contributed by atoms with E-state index in [9.17, 15) is 0 Å². The quantitative estimate of drug-likeness (QED) is 0.380. The maximum Gasteiger partial charge on any atom is 0.163 e. The lowest BCUT2D eigenvalue weighted by atomic mass is 10.7. The van der Waals surface area contributed by atoms with Gasteiger partial charge >= 0.3 is 0 Å². The fraction of sp³-hybridized carbons (Fsp3) is 0. The third kappa shape index (κ3) is 1.55. The first-order valence-electron chi connectivity index (χ1n) is 2.45. The lowest BCUT2D eigenvalue weighted by Gasteiger charge is -1.85. The summed E-state index contributed by atoms with van der Waals surface area (Å²) in [5.74, 6) is 0.557. The Morgan fingerprint density at radius 1 is 1.90 bits per heavy atom. The van der Waals surface area contributed by atoms with Crippen molar-refractivity contribution in [3.63, 3.8) is 0 Å². The van der Waals surface area contributed by atoms with Crippen molar-refractivity contribution < 1.29 is 5.21 Å². The number of aliphatic imine (C=N–C) groups is 1. The SMILES string of the molecule is ON/C=N/c1[nH]ncc1Br. The minimum Gasteiger partial charge on any atom is -0.290 e. The summed E-state index contributed by atoms with van der Waals surface area (Å²) < 4.78 is 0.749. The number of halogens is 1. The zero-order valence-electron chi connectivity index (χ0n) is 4.87. The molecule has 10 heavy (non-hydrogen) atoms. The van der Waals surface area contributed by atoms with Gasteiger partial charge in [-0.1, -0.05) is 0 Å². The molecule has 1 heterocycles. The zero-order valence-corrected chi connectivity index (χ0v) is 6.46. The average molecular weight is 205 g/mol. The van der Waals surface area contributed by atoms with Gasteiger partial charge in [-0.2, -0.15) is 5.10 Å². The van der Waals surface area contributed by atoms with Crippen LogP contribution in [0.4, 0.5) is 5.82 Å². The number of hydrogen-bond donors (Lipinski definition) is 3. The molecule has 0 aliphatic carbocycles. The van der Waals surface area contributed by atoms with E-state index in [0.717, 1.165) is 10.8 Å². The molecule has 5 nitrogen and oxygen atoms in total. The molecule has 6 heteroatoms. The number of aromatic nitrogens is 2. The summed E-state index contributed by atoms with van der Waals surface area (Å²) in [5, 5.41) is 14.4. The Kier molecular flexibility index (Phi) is 2.41. The lowest BCUT2D eigenvalue weighted by molar-refractivity contribution is 0.240. The molecule has 0 atom stereocenters. The zero-order chi connectivity index (χ0) is 7.40. The number of rotatable bonds is 2. The lowest BCUT2D eigenvalue weighted by Crippen LogP contribution is -2.00. The molecular formula is C4H5BrN4O. The monoisotopic (exact) mass is 204 g/mol. The second kappa shape index (κ2) is 3.33. The van der Waals surface area contributed by atoms with Crippen molar-refractivity contribution in [1.29, 1.82) is 0 Å². The number of aromatic amines is 1. The Labute approximate surface area is 65.3 Å². The Bertz CT molecular complexity index is 233. The molecule has 0 aliphatic rings. The molecule has 0 bridgehead atoms. The highest BCUT2D eigenvalue weighted by atomic mass is 79.9. The maximum absolute atomic E-state index is 8.11. The van der Waals surface area contributed by atoms with Gasteiger partial charge in [-0.15, -0.1) is 0 Å². The van der Waals surface area contributed by atoms with Crippen LogP contribution in [-0.2, 0) is 0 Å². The molecule has 0 aromatic carbocycles. The first-order valence-corrected chi connectivity index (χ1v) is 3.25. The molecule has 0 spiro atoms. The highest BCUT2D eigenvalue weighted by Gasteiger charge is 1.95. The summed E-state index contributed by atoms with van der Waals surface area (Å²) in [4.78, 5) is 3.73. The number of H-pyrrole nitrogens is 1. The van der Waals surface area contributed by atoms with Crippen molar-refractivity contribution in [2.24, 2.45) is 4.99 Å². The Hall–Kier alpha value is -0.880. The normalized spacial score (nSPS) is 10.6. The van der Waals surface area contributed by atoms with Gasteiger partial charge in [-0.3, -0.25) is 15.8 Å². The topological polar surface area (TPSA) is 73.3 Å². The third-order valence-electron chi connectivity index (χ3n) is 0.826. The smallest absolute Gasteiger partial charge is 0.163 e. The fourth-order valence-corrected chi connectivity index (χ4v) is 0.742. The van der Waals surface area contributed by atoms with Crippen molar-refractivity contribution >= 4 is 28.1 Å². The van der Waals surface area contributed by atoms with Gasteiger partial charge in [0.1, 0.15) is 6.34 Å². The second-order valence-electron chi connectivity index (χ2n) is 1.45. The highest BCUT2D eigenvalue weighted by molar-refractivity contribution is 9.10. The van der Waals surface area contributed by atoms with E-state index in [1.807, 2.05) is 0 Å². The van der Waals surface area contributed by atoms with E-state index in [1.54, 1.807) is 11.7 Å². The average Bonchev–Trinajstić information content (AvgIpc) is 2.31. The summed E-state index contributed by atoms with van der Waals surface area (Å²) in [5.41, 5.74) is 1.77. The van der Waals surface area contributed by atoms with Crippen molar-refractivity contribution in [3.8, 4) is 0 Å². The third-order valence-corrected chi connectivity index (χ3v) is 1.41. The summed E-state index contributed by atoms with van der Waals surface area (Å²) in [6.45, 7) is 0. The molecule has 0 saturated heterocycles. The van der Waals surface area contributed by atoms with E-state index in [4.69, 9.17) is 5.21 Å². The van der Waals surface area contributed by atoms with E-state index in [1.165, 1.54) is 0 Å². The van der Waals surface area contributed by atoms with Crippen LogP contribution < -0.4 is 5.48 Å². The highest BCUT2D eigenvalue weighted by Crippen LogP contribution is 2.19. The van der Waals surface area contributed by atoms with E-state index >= 15 is 0 Å². The van der Waals surface area contributed by atoms with Crippen LogP contribution in [0.3, 0.4) is 0 Å². The van der Waals surface area contributed by atoms with E-state index in [0.29, 0.717) is 5.82 Å². The molecule has 0 saturated carbocycles. The van der Waals surface area contributed by atoms with Crippen molar-refractivity contribution in [2.75, 3.05) is 0 Å². The Balaban J connectivity index is 2.74. The largest absolute Gasteiger partial charge is 0.290 e. The minimum atomic E-state index is 0.557. The van der Waals surface area contributed by atoms with Gasteiger partial charge in [-0.05, 0) is 15.9 Å². The van der Waals surface area contributed by atoms with Gasteiger partial charge in [0.25, 0.3) is 0 Å². The summed E-state index contributed by atoms with van der Waals surface area (Å²) >= 11 is 3.18. The molecule has 0 amide bonds. The van der Waals surface area contributed by atoms with Crippen molar-refractivity contribution in [3.05, 3.63) is 10.7 Å². The van der Waals surface area contributed by atoms with Crippen LogP contribution in [-0.4, -0.2) is 21.7 Å². The first kappa shape index (κ1) is 7.23. The van der Waals surface area contributed by atoms with Gasteiger partial charge in [0, 0.05) is 0 Å². The number of nitrogens with one attached hydrogen (secondary N) is 2. The van der Waals surface area contributed by atoms with Gasteiger partial charge in [0.05, 0.1) is 10.7 Å². The van der Waals surface area contributed by atoms with Gasteiger partial charge in [-0.25, -0.2) is 4.99 Å². The standard InChI is InChI=1S/C4H5BrN4O/c5-3-1-7-9-4(3)6-2-8-10/h1-2,10H,(H2,6,7,8,9). The summed E-state index contributed by atoms with van der Waals surface area (Å²) in [6, 6.07) is 0. The summed E-state index contributed by atoms with van der Waals surface area (Å²) in [7, 11) is 0. The maximum atomic E-state index is 8.11. The number of hydrogen-bond acceptors (Lipinski definition) is 3. The van der Waals surface area contributed by atoms with Crippen molar-refractivity contribution in [2.45, 2.75) is 0 Å². The molecule has 54 valence electrons. The van der Waals surface area contributed by atoms with Crippen LogP contribution in [0.2, 0.25) is 0 Å². The molecule has 1 rings (SSSR count). The predicted octanol–water partition coefficient (Wildman–Crippen LogP) is 0.811. The predicted molar refractivity (Wildman–Crippen MR) is 39.4 cm³/mol. The first-order chi connectivity index (χ1) is 4.84. The van der Waals surface area contributed by atoms with E-state index < -0.39 is 0 Å². The summed E-state index contributed by atoms with van der Waals surface area (Å²) in [6.07, 6.45) is 2.71. The Morgan fingerprint density at radius 2 is 2.70 bits per heavy atom. The van der Waals surface area contributed by atoms with Crippen LogP contribution in [0.15, 0.2) is 15.7 Å². The second-order valence-corrected chi connectivity index (χ2v) is 2.31. The van der Waals surface area contributed by atoms with Crippen molar-refractivity contribution in [1.82, 2.24) is 15.7 Å².